The summed E-state index contributed by atoms with van der Waals surface area (Å²) < 4.78 is 43.3. The van der Waals surface area contributed by atoms with E-state index in [9.17, 15) is 28.0 Å². The van der Waals surface area contributed by atoms with Crippen LogP contribution in [-0.2, 0) is 15.7 Å². The van der Waals surface area contributed by atoms with Crippen molar-refractivity contribution in [2.75, 3.05) is 5.32 Å². The molecule has 0 saturated carbocycles. The molecule has 8 heteroatoms. The molecule has 0 aliphatic rings. The number of nitrogens with one attached hydrogen (secondary N) is 1. The molecule has 2 rings (SSSR count). The highest BCUT2D eigenvalue weighted by Gasteiger charge is 2.30. The van der Waals surface area contributed by atoms with E-state index in [1.807, 2.05) is 6.92 Å². The number of carbonyl (C=O) groups is 2. The summed E-state index contributed by atoms with van der Waals surface area (Å²) in [4.78, 5) is 24.3. The van der Waals surface area contributed by atoms with Gasteiger partial charge in [0.1, 0.15) is 11.8 Å². The molecule has 1 N–H and O–H groups in total. The first kappa shape index (κ1) is 20.7. The second-order valence-corrected chi connectivity index (χ2v) is 5.83. The molecule has 0 fully saturated rings. The Balaban J connectivity index is 2.19. The second kappa shape index (κ2) is 8.39. The topological polar surface area (TPSA) is 79.2 Å². The fourth-order valence-electron chi connectivity index (χ4n) is 2.19. The van der Waals surface area contributed by atoms with Gasteiger partial charge in [-0.15, -0.1) is 0 Å². The summed E-state index contributed by atoms with van der Waals surface area (Å²) in [6.07, 6.45) is -4.58. The number of benzene rings is 2. The van der Waals surface area contributed by atoms with Crippen molar-refractivity contribution in [3.05, 3.63) is 76.6 Å². The van der Waals surface area contributed by atoms with Crippen LogP contribution >= 0.6 is 0 Å². The lowest BCUT2D eigenvalue weighted by molar-refractivity contribution is -0.137. The van der Waals surface area contributed by atoms with Crippen molar-refractivity contribution >= 4 is 17.6 Å². The average molecular weight is 388 g/mol. The van der Waals surface area contributed by atoms with Crippen molar-refractivity contribution in [3.63, 3.8) is 0 Å². The highest BCUT2D eigenvalue weighted by atomic mass is 19.4. The lowest BCUT2D eigenvalue weighted by atomic mass is 10.1. The molecule has 0 unspecified atom stereocenters. The standard InChI is InChI=1S/C20H15F3N2O3/c1-12-6-8-14(9-7-12)19(27)28-13(2)17(11-24)18(26)25-16-5-3-4-15(10-16)20(21,22)23/h3-10H,1-2H3,(H,25,26)/b17-13-. The molecule has 0 aliphatic heterocycles. The van der Waals surface area contributed by atoms with Crippen molar-refractivity contribution in [3.8, 4) is 6.07 Å². The molecular weight excluding hydrogens is 373 g/mol. The summed E-state index contributed by atoms with van der Waals surface area (Å²) in [6, 6.07) is 12.0. The van der Waals surface area contributed by atoms with Crippen molar-refractivity contribution < 1.29 is 27.5 Å². The highest BCUT2D eigenvalue weighted by Crippen LogP contribution is 2.30. The molecule has 0 atom stereocenters. The molecule has 144 valence electrons. The quantitative estimate of drug-likeness (QED) is 0.359. The smallest absolute Gasteiger partial charge is 0.416 e. The number of rotatable bonds is 4. The van der Waals surface area contributed by atoms with Crippen LogP contribution < -0.4 is 5.32 Å². The lowest BCUT2D eigenvalue weighted by Crippen LogP contribution is -2.17. The average Bonchev–Trinajstić information content (AvgIpc) is 2.62. The molecule has 2 aromatic carbocycles. The Labute approximate surface area is 159 Å². The van der Waals surface area contributed by atoms with Crippen molar-refractivity contribution in [2.45, 2.75) is 20.0 Å². The van der Waals surface area contributed by atoms with Gasteiger partial charge >= 0.3 is 12.1 Å². The maximum absolute atomic E-state index is 12.8. The summed E-state index contributed by atoms with van der Waals surface area (Å²) in [6.45, 7) is 3.09. The number of alkyl halides is 3. The molecule has 0 aliphatic carbocycles. The van der Waals surface area contributed by atoms with Crippen LogP contribution in [0.4, 0.5) is 18.9 Å². The molecule has 28 heavy (non-hydrogen) atoms. The van der Waals surface area contributed by atoms with Crippen LogP contribution in [0.3, 0.4) is 0 Å². The van der Waals surface area contributed by atoms with E-state index in [1.54, 1.807) is 18.2 Å². The molecule has 2 aromatic rings. The third-order valence-corrected chi connectivity index (χ3v) is 3.67. The Morgan fingerprint density at radius 1 is 1.11 bits per heavy atom. The van der Waals surface area contributed by atoms with E-state index in [4.69, 9.17) is 4.74 Å². The minimum absolute atomic E-state index is 0.148. The van der Waals surface area contributed by atoms with Crippen LogP contribution in [0.2, 0.25) is 0 Å². The summed E-state index contributed by atoms with van der Waals surface area (Å²) in [5.41, 5.74) is -0.471. The van der Waals surface area contributed by atoms with Crippen LogP contribution in [0.25, 0.3) is 0 Å². The molecule has 0 radical (unpaired) electrons. The van der Waals surface area contributed by atoms with Crippen LogP contribution in [0.1, 0.15) is 28.4 Å². The van der Waals surface area contributed by atoms with Crippen LogP contribution in [0.5, 0.6) is 0 Å². The van der Waals surface area contributed by atoms with E-state index in [-0.39, 0.29) is 17.0 Å². The zero-order valence-electron chi connectivity index (χ0n) is 14.9. The number of amides is 1. The first-order valence-corrected chi connectivity index (χ1v) is 8.00. The van der Waals surface area contributed by atoms with Gasteiger partial charge in [-0.3, -0.25) is 4.79 Å². The van der Waals surface area contributed by atoms with Crippen molar-refractivity contribution in [2.24, 2.45) is 0 Å². The van der Waals surface area contributed by atoms with Crippen LogP contribution in [0.15, 0.2) is 59.9 Å². The number of carbonyl (C=O) groups excluding carboxylic acids is 2. The maximum atomic E-state index is 12.8. The van der Waals surface area contributed by atoms with E-state index in [1.165, 1.54) is 25.1 Å². The Kier molecular flexibility index (Phi) is 6.21. The Bertz CT molecular complexity index is 971. The molecule has 0 aromatic heterocycles. The van der Waals surface area contributed by atoms with Crippen LogP contribution in [0, 0.1) is 18.3 Å². The van der Waals surface area contributed by atoms with Crippen molar-refractivity contribution in [1.29, 1.82) is 5.26 Å². The summed E-state index contributed by atoms with van der Waals surface area (Å²) >= 11 is 0. The monoisotopic (exact) mass is 388 g/mol. The molecule has 0 heterocycles. The number of hydrogen-bond donors (Lipinski definition) is 1. The number of nitrogens with zero attached hydrogens (tertiary/aromatic N) is 1. The zero-order chi connectivity index (χ0) is 20.9. The Morgan fingerprint density at radius 3 is 2.32 bits per heavy atom. The van der Waals surface area contributed by atoms with E-state index in [2.05, 4.69) is 5.32 Å². The van der Waals surface area contributed by atoms with E-state index in [0.29, 0.717) is 0 Å². The molecule has 0 spiro atoms. The van der Waals surface area contributed by atoms with Gasteiger partial charge in [0.25, 0.3) is 5.91 Å². The second-order valence-electron chi connectivity index (χ2n) is 5.83. The van der Waals surface area contributed by atoms with Gasteiger partial charge in [0.2, 0.25) is 0 Å². The predicted octanol–water partition coefficient (Wildman–Crippen LogP) is 4.61. The summed E-state index contributed by atoms with van der Waals surface area (Å²) in [5, 5.41) is 11.4. The Hall–Kier alpha value is -3.60. The van der Waals surface area contributed by atoms with Crippen LogP contribution in [-0.4, -0.2) is 11.9 Å². The minimum Gasteiger partial charge on any atom is -0.426 e. The minimum atomic E-state index is -4.58. The van der Waals surface area contributed by atoms with Gasteiger partial charge in [-0.2, -0.15) is 18.4 Å². The first-order valence-electron chi connectivity index (χ1n) is 8.00. The number of nitriles is 1. The fraction of sp³-hybridized carbons (Fsp3) is 0.150. The van der Waals surface area contributed by atoms with E-state index >= 15 is 0 Å². The van der Waals surface area contributed by atoms with E-state index < -0.39 is 29.2 Å². The van der Waals surface area contributed by atoms with E-state index in [0.717, 1.165) is 23.8 Å². The highest BCUT2D eigenvalue weighted by molar-refractivity contribution is 6.07. The fourth-order valence-corrected chi connectivity index (χ4v) is 2.19. The number of allylic oxidation sites excluding steroid dienone is 1. The molecule has 0 bridgehead atoms. The first-order chi connectivity index (χ1) is 13.1. The van der Waals surface area contributed by atoms with Gasteiger partial charge in [0, 0.05) is 5.69 Å². The lowest BCUT2D eigenvalue weighted by Gasteiger charge is -2.11. The summed E-state index contributed by atoms with van der Waals surface area (Å²) in [5.74, 6) is -2.02. The summed E-state index contributed by atoms with van der Waals surface area (Å²) in [7, 11) is 0. The third-order valence-electron chi connectivity index (χ3n) is 3.67. The van der Waals surface area contributed by atoms with Crippen molar-refractivity contribution in [1.82, 2.24) is 0 Å². The maximum Gasteiger partial charge on any atom is 0.416 e. The van der Waals surface area contributed by atoms with Gasteiger partial charge in [-0.25, -0.2) is 4.79 Å². The number of halogens is 3. The van der Waals surface area contributed by atoms with Gasteiger partial charge in [-0.1, -0.05) is 23.8 Å². The van der Waals surface area contributed by atoms with Gasteiger partial charge in [0.15, 0.2) is 5.57 Å². The molecule has 5 nitrogen and oxygen atoms in total. The molecule has 0 saturated heterocycles. The molecule has 1 amide bonds. The number of aryl methyl sites for hydroxylation is 1. The largest absolute Gasteiger partial charge is 0.426 e. The number of esters is 1. The van der Waals surface area contributed by atoms with Gasteiger partial charge in [0.05, 0.1) is 11.1 Å². The Morgan fingerprint density at radius 2 is 1.75 bits per heavy atom. The van der Waals surface area contributed by atoms with Gasteiger partial charge < -0.3 is 10.1 Å². The van der Waals surface area contributed by atoms with Gasteiger partial charge in [-0.05, 0) is 44.2 Å². The zero-order valence-corrected chi connectivity index (χ0v) is 14.9. The molecular formula is C20H15F3N2O3. The SMILES string of the molecule is C/C(OC(=O)c1ccc(C)cc1)=C(\C#N)C(=O)Nc1cccc(C(F)(F)F)c1. The number of ether oxygens (including phenoxy) is 1. The predicted molar refractivity (Wildman–Crippen MR) is 95.0 cm³/mol. The number of anilines is 1. The number of hydrogen-bond acceptors (Lipinski definition) is 4. The third kappa shape index (κ3) is 5.20. The normalized spacial score (nSPS) is 11.9.